The monoisotopic (exact) mass is 457 g/mol. The zero-order valence-corrected chi connectivity index (χ0v) is 18.3. The van der Waals surface area contributed by atoms with Crippen molar-refractivity contribution in [3.63, 3.8) is 0 Å². The van der Waals surface area contributed by atoms with E-state index in [4.69, 9.17) is 4.74 Å². The quantitative estimate of drug-likeness (QED) is 0.518. The highest BCUT2D eigenvalue weighted by atomic mass is 32.2. The summed E-state index contributed by atoms with van der Waals surface area (Å²) in [7, 11) is -3.68. The van der Waals surface area contributed by atoms with Crippen LogP contribution in [0.15, 0.2) is 59.5 Å². The van der Waals surface area contributed by atoms with E-state index in [1.807, 2.05) is 0 Å². The van der Waals surface area contributed by atoms with Gasteiger partial charge in [0.25, 0.3) is 5.91 Å². The number of ketones is 1. The van der Waals surface area contributed by atoms with Crippen molar-refractivity contribution in [1.29, 1.82) is 0 Å². The number of ether oxygens (including phenoxy) is 1. The van der Waals surface area contributed by atoms with Crippen LogP contribution in [0.5, 0.6) is 0 Å². The van der Waals surface area contributed by atoms with Crippen LogP contribution in [0.2, 0.25) is 0 Å². The Bertz CT molecular complexity index is 1140. The lowest BCUT2D eigenvalue weighted by atomic mass is 9.92. The molecule has 2 fully saturated rings. The van der Waals surface area contributed by atoms with E-state index >= 15 is 0 Å². The average Bonchev–Trinajstić information content (AvgIpc) is 3.04. The number of benzene rings is 2. The first-order chi connectivity index (χ1) is 15.2. The predicted octanol–water partition coefficient (Wildman–Crippen LogP) is 1.36. The van der Waals surface area contributed by atoms with E-state index in [0.717, 1.165) is 4.90 Å². The van der Waals surface area contributed by atoms with Crippen molar-refractivity contribution < 1.29 is 27.5 Å². The zero-order chi connectivity index (χ0) is 22.9. The lowest BCUT2D eigenvalue weighted by Crippen LogP contribution is -2.41. The van der Waals surface area contributed by atoms with E-state index in [0.29, 0.717) is 18.8 Å². The number of morpholine rings is 1. The molecule has 4 rings (SSSR count). The highest BCUT2D eigenvalue weighted by Gasteiger charge is 2.49. The summed E-state index contributed by atoms with van der Waals surface area (Å²) in [5, 5.41) is 2.66. The van der Waals surface area contributed by atoms with Gasteiger partial charge < -0.3 is 10.1 Å². The molecule has 0 bridgehead atoms. The molecule has 0 saturated carbocycles. The van der Waals surface area contributed by atoms with Crippen LogP contribution in [0.4, 0.5) is 4.79 Å². The number of carbonyl (C=O) groups excluding carboxylic acids is 3. The minimum absolute atomic E-state index is 0.0718. The maximum atomic E-state index is 13.0. The largest absolute Gasteiger partial charge is 0.379 e. The van der Waals surface area contributed by atoms with Crippen LogP contribution in [0.3, 0.4) is 0 Å². The smallest absolute Gasteiger partial charge is 0.325 e. The van der Waals surface area contributed by atoms with Gasteiger partial charge in [-0.3, -0.25) is 14.5 Å². The van der Waals surface area contributed by atoms with E-state index in [1.54, 1.807) is 37.3 Å². The number of hydrogen-bond acceptors (Lipinski definition) is 6. The molecular formula is C22H23N3O6S. The van der Waals surface area contributed by atoms with Crippen molar-refractivity contribution in [2.75, 3.05) is 32.8 Å². The highest BCUT2D eigenvalue weighted by molar-refractivity contribution is 7.89. The van der Waals surface area contributed by atoms with E-state index in [-0.39, 0.29) is 23.5 Å². The molecule has 168 valence electrons. The van der Waals surface area contributed by atoms with Gasteiger partial charge in [-0.15, -0.1) is 0 Å². The fourth-order valence-corrected chi connectivity index (χ4v) is 5.20. The third-order valence-corrected chi connectivity index (χ3v) is 7.62. The molecule has 1 N–H and O–H groups in total. The topological polar surface area (TPSA) is 113 Å². The van der Waals surface area contributed by atoms with Gasteiger partial charge in [-0.1, -0.05) is 30.3 Å². The Morgan fingerprint density at radius 3 is 2.28 bits per heavy atom. The summed E-state index contributed by atoms with van der Waals surface area (Å²) in [5.74, 6) is -0.991. The first kappa shape index (κ1) is 22.1. The summed E-state index contributed by atoms with van der Waals surface area (Å²) in [6.45, 7) is 2.37. The second-order valence-corrected chi connectivity index (χ2v) is 9.71. The molecule has 0 aliphatic carbocycles. The van der Waals surface area contributed by atoms with E-state index in [9.17, 15) is 22.8 Å². The SMILES string of the molecule is C[C@@]1(c2ccccc2)NC(=O)N(CC(=O)c2ccc(S(=O)(=O)N3CCOCC3)cc2)C1=O. The molecule has 2 heterocycles. The van der Waals surface area contributed by atoms with Gasteiger partial charge in [0.05, 0.1) is 24.7 Å². The van der Waals surface area contributed by atoms with Gasteiger partial charge in [0.2, 0.25) is 10.0 Å². The predicted molar refractivity (Wildman–Crippen MR) is 114 cm³/mol. The number of sulfonamides is 1. The molecular weight excluding hydrogens is 434 g/mol. The van der Waals surface area contributed by atoms with Crippen LogP contribution < -0.4 is 5.32 Å². The van der Waals surface area contributed by atoms with E-state index in [2.05, 4.69) is 5.32 Å². The van der Waals surface area contributed by atoms with Crippen molar-refractivity contribution in [2.24, 2.45) is 0 Å². The molecule has 0 spiro atoms. The summed E-state index contributed by atoms with van der Waals surface area (Å²) in [6, 6.07) is 13.7. The van der Waals surface area contributed by atoms with E-state index < -0.39 is 39.8 Å². The fourth-order valence-electron chi connectivity index (χ4n) is 3.79. The molecule has 1 atom stereocenters. The minimum atomic E-state index is -3.68. The molecule has 0 aromatic heterocycles. The van der Waals surface area contributed by atoms with Gasteiger partial charge in [0.15, 0.2) is 5.78 Å². The molecule has 3 amide bonds. The van der Waals surface area contributed by atoms with Crippen LogP contribution in [-0.2, 0) is 25.1 Å². The van der Waals surface area contributed by atoms with Crippen molar-refractivity contribution in [3.05, 3.63) is 65.7 Å². The van der Waals surface area contributed by atoms with Crippen LogP contribution in [0, 0.1) is 0 Å². The zero-order valence-electron chi connectivity index (χ0n) is 17.5. The molecule has 0 radical (unpaired) electrons. The Hall–Kier alpha value is -3.08. The Morgan fingerprint density at radius 1 is 1.03 bits per heavy atom. The van der Waals surface area contributed by atoms with Crippen LogP contribution >= 0.6 is 0 Å². The van der Waals surface area contributed by atoms with Gasteiger partial charge in [-0.05, 0) is 36.8 Å². The molecule has 32 heavy (non-hydrogen) atoms. The van der Waals surface area contributed by atoms with Crippen LogP contribution in [-0.4, -0.2) is 68.2 Å². The standard InChI is InChI=1S/C22H23N3O6S/c1-22(17-5-3-2-4-6-17)20(27)25(21(28)23-22)15-19(26)16-7-9-18(10-8-16)32(29,30)24-11-13-31-14-12-24/h2-10H,11-15H2,1H3,(H,23,28)/t22-/m0/s1. The highest BCUT2D eigenvalue weighted by Crippen LogP contribution is 2.28. The summed E-state index contributed by atoms with van der Waals surface area (Å²) >= 11 is 0. The maximum Gasteiger partial charge on any atom is 0.325 e. The summed E-state index contributed by atoms with van der Waals surface area (Å²) in [5.41, 5.74) is -0.430. The Morgan fingerprint density at radius 2 is 1.66 bits per heavy atom. The van der Waals surface area contributed by atoms with E-state index in [1.165, 1.54) is 28.6 Å². The number of imide groups is 1. The first-order valence-corrected chi connectivity index (χ1v) is 11.6. The third kappa shape index (κ3) is 3.92. The normalized spacial score (nSPS) is 22.1. The first-order valence-electron chi connectivity index (χ1n) is 10.1. The number of urea groups is 1. The van der Waals surface area contributed by atoms with Gasteiger partial charge in [-0.2, -0.15) is 4.31 Å². The minimum Gasteiger partial charge on any atom is -0.379 e. The number of hydrogen-bond donors (Lipinski definition) is 1. The van der Waals surface area contributed by atoms with Gasteiger partial charge >= 0.3 is 6.03 Å². The number of rotatable bonds is 6. The number of nitrogens with zero attached hydrogens (tertiary/aromatic N) is 2. The summed E-state index contributed by atoms with van der Waals surface area (Å²) in [6.07, 6.45) is 0. The molecule has 0 unspecified atom stereocenters. The van der Waals surface area contributed by atoms with Crippen molar-refractivity contribution in [1.82, 2.24) is 14.5 Å². The summed E-state index contributed by atoms with van der Waals surface area (Å²) in [4.78, 5) is 39.1. The number of nitrogens with one attached hydrogen (secondary N) is 1. The molecule has 2 saturated heterocycles. The number of Topliss-reactive ketones (excluding diaryl/α,β-unsaturated/α-hetero) is 1. The second-order valence-electron chi connectivity index (χ2n) is 7.78. The van der Waals surface area contributed by atoms with Crippen LogP contribution in [0.25, 0.3) is 0 Å². The van der Waals surface area contributed by atoms with Crippen LogP contribution in [0.1, 0.15) is 22.8 Å². The Kier molecular flexibility index (Phi) is 5.85. The molecule has 10 heteroatoms. The number of amides is 3. The lowest BCUT2D eigenvalue weighted by molar-refractivity contribution is -0.130. The van der Waals surface area contributed by atoms with Gasteiger partial charge in [-0.25, -0.2) is 13.2 Å². The molecule has 2 aliphatic rings. The van der Waals surface area contributed by atoms with Gasteiger partial charge in [0.1, 0.15) is 5.54 Å². The van der Waals surface area contributed by atoms with Crippen molar-refractivity contribution in [2.45, 2.75) is 17.4 Å². The average molecular weight is 458 g/mol. The van der Waals surface area contributed by atoms with Crippen molar-refractivity contribution in [3.8, 4) is 0 Å². The van der Waals surface area contributed by atoms with Crippen molar-refractivity contribution >= 4 is 27.7 Å². The molecule has 2 aliphatic heterocycles. The summed E-state index contributed by atoms with van der Waals surface area (Å²) < 4.78 is 32.0. The third-order valence-electron chi connectivity index (χ3n) is 5.71. The molecule has 2 aromatic rings. The lowest BCUT2D eigenvalue weighted by Gasteiger charge is -2.26. The second kappa shape index (κ2) is 8.45. The Balaban J connectivity index is 1.48. The fraction of sp³-hybridized carbons (Fsp3) is 0.318. The maximum absolute atomic E-state index is 13.0. The number of carbonyl (C=O) groups is 3. The van der Waals surface area contributed by atoms with Gasteiger partial charge in [0, 0.05) is 18.7 Å². The molecule has 2 aromatic carbocycles. The molecule has 9 nitrogen and oxygen atoms in total. The Labute approximate surface area is 186 Å².